The molecule has 4 rings (SSSR count). The predicted molar refractivity (Wildman–Crippen MR) is 155 cm³/mol. The van der Waals surface area contributed by atoms with Gasteiger partial charge in [0.2, 0.25) is 15.9 Å². The summed E-state index contributed by atoms with van der Waals surface area (Å²) in [6, 6.07) is 15.3. The van der Waals surface area contributed by atoms with Gasteiger partial charge in [0, 0.05) is 23.8 Å². The summed E-state index contributed by atoms with van der Waals surface area (Å²) < 4.78 is 55.4. The highest BCUT2D eigenvalue weighted by Crippen LogP contribution is 2.27. The first-order valence-corrected chi connectivity index (χ1v) is 16.2. The minimum absolute atomic E-state index is 0.00874. The number of amides is 1. The number of halogens is 3. The Balaban J connectivity index is 1.38. The quantitative estimate of drug-likeness (QED) is 0.320. The molecule has 0 aliphatic carbocycles. The number of piperidine rings is 1. The Morgan fingerprint density at radius 1 is 0.897 bits per heavy atom. The fourth-order valence-corrected chi connectivity index (χ4v) is 7.32. The molecule has 39 heavy (non-hydrogen) atoms. The summed E-state index contributed by atoms with van der Waals surface area (Å²) in [7, 11) is -7.56. The predicted octanol–water partition coefficient (Wildman–Crippen LogP) is 5.94. The lowest BCUT2D eigenvalue weighted by molar-refractivity contribution is -0.120. The number of nitrogens with one attached hydrogen (secondary N) is 2. The Labute approximate surface area is 243 Å². The van der Waals surface area contributed by atoms with Crippen molar-refractivity contribution in [1.29, 1.82) is 0 Å². The molecule has 1 heterocycles. The zero-order chi connectivity index (χ0) is 28.4. The topological polar surface area (TPSA) is 113 Å². The molecule has 1 saturated heterocycles. The van der Waals surface area contributed by atoms with Gasteiger partial charge in [-0.25, -0.2) is 21.1 Å². The fraction of sp³-hybridized carbons (Fsp3) is 0.269. The summed E-state index contributed by atoms with van der Waals surface area (Å²) in [4.78, 5) is 13.0. The van der Waals surface area contributed by atoms with Crippen LogP contribution >= 0.6 is 34.8 Å². The molecule has 0 saturated carbocycles. The van der Waals surface area contributed by atoms with Crippen molar-refractivity contribution in [1.82, 2.24) is 4.31 Å². The van der Waals surface area contributed by atoms with E-state index in [0.717, 1.165) is 5.56 Å². The van der Waals surface area contributed by atoms with Gasteiger partial charge < -0.3 is 5.32 Å². The van der Waals surface area contributed by atoms with Crippen LogP contribution in [0.3, 0.4) is 0 Å². The first kappa shape index (κ1) is 29.6. The molecule has 1 amide bonds. The zero-order valence-electron chi connectivity index (χ0n) is 20.8. The van der Waals surface area contributed by atoms with Crippen molar-refractivity contribution in [3.05, 3.63) is 86.9 Å². The number of carbonyl (C=O) groups is 1. The van der Waals surface area contributed by atoms with Crippen molar-refractivity contribution in [2.75, 3.05) is 23.1 Å². The maximum atomic E-state index is 13.0. The zero-order valence-corrected chi connectivity index (χ0v) is 24.7. The third-order valence-corrected chi connectivity index (χ3v) is 10.7. The second-order valence-electron chi connectivity index (χ2n) is 9.28. The van der Waals surface area contributed by atoms with E-state index in [-0.39, 0.29) is 28.1 Å². The standard InChI is InChI=1S/C26H26Cl3N3O5S2/c1-17-4-6-21(14-24(17)28)31-39(36,37)22-9-7-20(8-10-22)30-26(33)19-3-2-12-32(15-19)38(34,35)16-18-5-11-23(27)25(29)13-18/h4-11,13-14,19,31H,2-3,12,15-16H2,1H3,(H,30,33)/t19-/m1/s1. The third-order valence-electron chi connectivity index (χ3n) is 6.34. The van der Waals surface area contributed by atoms with Gasteiger partial charge in [-0.3, -0.25) is 9.52 Å². The Morgan fingerprint density at radius 2 is 1.59 bits per heavy atom. The lowest BCUT2D eigenvalue weighted by atomic mass is 9.99. The second-order valence-corrected chi connectivity index (χ2v) is 14.2. The largest absolute Gasteiger partial charge is 0.326 e. The summed E-state index contributed by atoms with van der Waals surface area (Å²) in [5, 5.41) is 3.82. The number of anilines is 2. The molecular formula is C26H26Cl3N3O5S2. The molecule has 0 spiro atoms. The van der Waals surface area contributed by atoms with E-state index in [9.17, 15) is 21.6 Å². The van der Waals surface area contributed by atoms with Crippen LogP contribution in [0.2, 0.25) is 15.1 Å². The summed E-state index contributed by atoms with van der Waals surface area (Å²) in [5.74, 6) is -1.15. The molecule has 0 radical (unpaired) electrons. The normalized spacial score (nSPS) is 16.6. The third kappa shape index (κ3) is 7.45. The second kappa shape index (κ2) is 12.0. The van der Waals surface area contributed by atoms with E-state index in [1.165, 1.54) is 40.7 Å². The summed E-state index contributed by atoms with van der Waals surface area (Å²) >= 11 is 18.0. The number of rotatable bonds is 8. The number of hydrogen-bond acceptors (Lipinski definition) is 5. The van der Waals surface area contributed by atoms with E-state index in [1.807, 2.05) is 6.92 Å². The number of sulfonamides is 2. The smallest absolute Gasteiger partial charge is 0.261 e. The van der Waals surface area contributed by atoms with Gasteiger partial charge in [-0.05, 0) is 79.4 Å². The Morgan fingerprint density at radius 3 is 2.26 bits per heavy atom. The van der Waals surface area contributed by atoms with Crippen LogP contribution in [0.4, 0.5) is 11.4 Å². The van der Waals surface area contributed by atoms with Gasteiger partial charge in [0.25, 0.3) is 10.0 Å². The van der Waals surface area contributed by atoms with Gasteiger partial charge in [-0.2, -0.15) is 0 Å². The molecule has 0 aromatic heterocycles. The molecule has 208 valence electrons. The molecule has 1 fully saturated rings. The molecule has 3 aromatic carbocycles. The van der Waals surface area contributed by atoms with Crippen molar-refractivity contribution in [3.63, 3.8) is 0 Å². The van der Waals surface area contributed by atoms with Crippen molar-refractivity contribution in [3.8, 4) is 0 Å². The number of aryl methyl sites for hydroxylation is 1. The van der Waals surface area contributed by atoms with Crippen LogP contribution in [0.5, 0.6) is 0 Å². The van der Waals surface area contributed by atoms with Crippen LogP contribution in [0.15, 0.2) is 65.6 Å². The number of benzene rings is 3. The Hall–Kier alpha value is -2.34. The average molecular weight is 631 g/mol. The van der Waals surface area contributed by atoms with Crippen LogP contribution in [0.1, 0.15) is 24.0 Å². The highest BCUT2D eigenvalue weighted by Gasteiger charge is 2.32. The maximum Gasteiger partial charge on any atom is 0.261 e. The SMILES string of the molecule is Cc1ccc(NS(=O)(=O)c2ccc(NC(=O)[C@@H]3CCCN(S(=O)(=O)Cc4ccc(Cl)c(Cl)c4)C3)cc2)cc1Cl. The van der Waals surface area contributed by atoms with Gasteiger partial charge in [0.05, 0.1) is 32.3 Å². The number of carbonyl (C=O) groups excluding carboxylic acids is 1. The van der Waals surface area contributed by atoms with Gasteiger partial charge in [0.15, 0.2) is 0 Å². The average Bonchev–Trinajstić information content (AvgIpc) is 2.88. The van der Waals surface area contributed by atoms with Crippen LogP contribution < -0.4 is 10.0 Å². The van der Waals surface area contributed by atoms with E-state index < -0.39 is 26.0 Å². The summed E-state index contributed by atoms with van der Waals surface area (Å²) in [6.45, 7) is 2.18. The molecule has 0 unspecified atom stereocenters. The molecule has 13 heteroatoms. The molecule has 0 bridgehead atoms. The first-order valence-electron chi connectivity index (χ1n) is 12.0. The molecule has 1 aliphatic heterocycles. The van der Waals surface area contributed by atoms with Crippen LogP contribution in [0.25, 0.3) is 0 Å². The molecule has 8 nitrogen and oxygen atoms in total. The van der Waals surface area contributed by atoms with Crippen LogP contribution in [0, 0.1) is 12.8 Å². The van der Waals surface area contributed by atoms with Gasteiger partial charge in [-0.15, -0.1) is 0 Å². The van der Waals surface area contributed by atoms with E-state index in [2.05, 4.69) is 10.0 Å². The number of hydrogen-bond donors (Lipinski definition) is 2. The maximum absolute atomic E-state index is 13.0. The van der Waals surface area contributed by atoms with Crippen molar-refractivity contribution >= 4 is 72.1 Å². The monoisotopic (exact) mass is 629 g/mol. The van der Waals surface area contributed by atoms with E-state index >= 15 is 0 Å². The van der Waals surface area contributed by atoms with Gasteiger partial charge in [-0.1, -0.05) is 46.9 Å². The Kier molecular flexibility index (Phi) is 9.15. The van der Waals surface area contributed by atoms with Crippen molar-refractivity contribution in [2.24, 2.45) is 5.92 Å². The minimum atomic E-state index is -3.87. The Bertz CT molecular complexity index is 1600. The van der Waals surface area contributed by atoms with Crippen LogP contribution in [-0.4, -0.2) is 40.1 Å². The fourth-order valence-electron chi connectivity index (χ4n) is 4.17. The molecule has 1 aliphatic rings. The summed E-state index contributed by atoms with van der Waals surface area (Å²) in [5.41, 5.74) is 2.06. The van der Waals surface area contributed by atoms with Crippen LogP contribution in [-0.2, 0) is 30.6 Å². The summed E-state index contributed by atoms with van der Waals surface area (Å²) in [6.07, 6.45) is 1.06. The molecular weight excluding hydrogens is 605 g/mol. The first-order chi connectivity index (χ1) is 18.3. The van der Waals surface area contributed by atoms with Crippen molar-refractivity contribution in [2.45, 2.75) is 30.4 Å². The highest BCUT2D eigenvalue weighted by molar-refractivity contribution is 7.92. The molecule has 3 aromatic rings. The van der Waals surface area contributed by atoms with Crippen molar-refractivity contribution < 1.29 is 21.6 Å². The molecule has 2 N–H and O–H groups in total. The molecule has 1 atom stereocenters. The lowest BCUT2D eigenvalue weighted by Crippen LogP contribution is -2.44. The van der Waals surface area contributed by atoms with E-state index in [1.54, 1.807) is 24.3 Å². The van der Waals surface area contributed by atoms with E-state index in [4.69, 9.17) is 34.8 Å². The lowest BCUT2D eigenvalue weighted by Gasteiger charge is -2.31. The van der Waals surface area contributed by atoms with Gasteiger partial charge >= 0.3 is 0 Å². The van der Waals surface area contributed by atoms with E-state index in [0.29, 0.717) is 46.4 Å². The van der Waals surface area contributed by atoms with Gasteiger partial charge in [0.1, 0.15) is 0 Å². The number of nitrogens with zero attached hydrogens (tertiary/aromatic N) is 1. The highest BCUT2D eigenvalue weighted by atomic mass is 35.5. The minimum Gasteiger partial charge on any atom is -0.326 e.